The fourth-order valence-electron chi connectivity index (χ4n) is 2.04. The third-order valence-corrected chi connectivity index (χ3v) is 4.45. The molecule has 2 rings (SSSR count). The molecule has 0 amide bonds. The second kappa shape index (κ2) is 6.66. The van der Waals surface area contributed by atoms with E-state index in [9.17, 15) is 5.11 Å². The van der Waals surface area contributed by atoms with Crippen LogP contribution in [0.4, 0.5) is 0 Å². The van der Waals surface area contributed by atoms with Crippen molar-refractivity contribution in [3.8, 4) is 0 Å². The van der Waals surface area contributed by atoms with E-state index >= 15 is 0 Å². The molecule has 1 aliphatic carbocycles. The van der Waals surface area contributed by atoms with E-state index in [1.165, 1.54) is 17.7 Å². The second-order valence-corrected chi connectivity index (χ2v) is 6.44. The standard InChI is InChI=1S/C14H24N2OS/c1-11(8-14-4-3-7-18-14)16(2)10-13(17)9-15-12-5-6-12/h3-4,7,11-13,15,17H,5-6,8-10H2,1-2H3. The van der Waals surface area contributed by atoms with Crippen LogP contribution < -0.4 is 5.32 Å². The zero-order chi connectivity index (χ0) is 13.0. The van der Waals surface area contributed by atoms with E-state index in [1.807, 2.05) is 11.3 Å². The van der Waals surface area contributed by atoms with Crippen LogP contribution in [0.5, 0.6) is 0 Å². The van der Waals surface area contributed by atoms with Gasteiger partial charge in [-0.2, -0.15) is 0 Å². The molecule has 1 aromatic rings. The lowest BCUT2D eigenvalue weighted by Gasteiger charge is -2.26. The van der Waals surface area contributed by atoms with E-state index in [4.69, 9.17) is 0 Å². The summed E-state index contributed by atoms with van der Waals surface area (Å²) in [5.74, 6) is 0. The van der Waals surface area contributed by atoms with E-state index < -0.39 is 0 Å². The number of hydrogen-bond acceptors (Lipinski definition) is 4. The highest BCUT2D eigenvalue weighted by atomic mass is 32.1. The predicted molar refractivity (Wildman–Crippen MR) is 77.1 cm³/mol. The maximum atomic E-state index is 9.97. The van der Waals surface area contributed by atoms with E-state index in [-0.39, 0.29) is 6.10 Å². The van der Waals surface area contributed by atoms with Gasteiger partial charge < -0.3 is 15.3 Å². The number of nitrogens with one attached hydrogen (secondary N) is 1. The monoisotopic (exact) mass is 268 g/mol. The van der Waals surface area contributed by atoms with Gasteiger partial charge in [-0.3, -0.25) is 0 Å². The summed E-state index contributed by atoms with van der Waals surface area (Å²) in [6.45, 7) is 3.69. The Balaban J connectivity index is 1.66. The second-order valence-electron chi connectivity index (χ2n) is 5.41. The molecule has 1 fully saturated rings. The van der Waals surface area contributed by atoms with E-state index in [0.717, 1.165) is 19.5 Å². The van der Waals surface area contributed by atoms with Crippen molar-refractivity contribution in [2.75, 3.05) is 20.1 Å². The van der Waals surface area contributed by atoms with Gasteiger partial charge in [-0.05, 0) is 44.7 Å². The smallest absolute Gasteiger partial charge is 0.0791 e. The SMILES string of the molecule is CC(Cc1cccs1)N(C)CC(O)CNC1CC1. The highest BCUT2D eigenvalue weighted by Gasteiger charge is 2.22. The maximum Gasteiger partial charge on any atom is 0.0791 e. The molecule has 1 saturated carbocycles. The molecule has 0 aromatic carbocycles. The van der Waals surface area contributed by atoms with Gasteiger partial charge in [0.2, 0.25) is 0 Å². The van der Waals surface area contributed by atoms with Gasteiger partial charge in [0.15, 0.2) is 0 Å². The Kier molecular flexibility index (Phi) is 5.18. The molecule has 4 heteroatoms. The Labute approximate surface area is 114 Å². The first kappa shape index (κ1) is 14.0. The number of likely N-dealkylation sites (N-methyl/N-ethyl adjacent to an activating group) is 1. The zero-order valence-electron chi connectivity index (χ0n) is 11.3. The minimum Gasteiger partial charge on any atom is -0.390 e. The van der Waals surface area contributed by atoms with Crippen molar-refractivity contribution in [2.24, 2.45) is 0 Å². The van der Waals surface area contributed by atoms with Crippen molar-refractivity contribution in [2.45, 2.75) is 44.4 Å². The van der Waals surface area contributed by atoms with Crippen LogP contribution in [0.2, 0.25) is 0 Å². The van der Waals surface area contributed by atoms with Crippen molar-refractivity contribution in [3.63, 3.8) is 0 Å². The van der Waals surface area contributed by atoms with Crippen molar-refractivity contribution in [1.82, 2.24) is 10.2 Å². The van der Waals surface area contributed by atoms with Crippen LogP contribution in [0.15, 0.2) is 17.5 Å². The number of aliphatic hydroxyl groups excluding tert-OH is 1. The fourth-order valence-corrected chi connectivity index (χ4v) is 2.87. The predicted octanol–water partition coefficient (Wildman–Crippen LogP) is 1.72. The summed E-state index contributed by atoms with van der Waals surface area (Å²) < 4.78 is 0. The third-order valence-electron chi connectivity index (χ3n) is 3.55. The Morgan fingerprint density at radius 1 is 1.56 bits per heavy atom. The van der Waals surface area contributed by atoms with Crippen LogP contribution in [-0.4, -0.2) is 48.3 Å². The van der Waals surface area contributed by atoms with Crippen LogP contribution in [-0.2, 0) is 6.42 Å². The molecule has 0 bridgehead atoms. The summed E-state index contributed by atoms with van der Waals surface area (Å²) in [5.41, 5.74) is 0. The molecule has 1 aliphatic rings. The van der Waals surface area contributed by atoms with Gasteiger partial charge >= 0.3 is 0 Å². The summed E-state index contributed by atoms with van der Waals surface area (Å²) in [7, 11) is 2.10. The van der Waals surface area contributed by atoms with Gasteiger partial charge in [0.25, 0.3) is 0 Å². The summed E-state index contributed by atoms with van der Waals surface area (Å²) in [4.78, 5) is 3.67. The number of rotatable bonds is 8. The minimum atomic E-state index is -0.263. The van der Waals surface area contributed by atoms with Crippen molar-refractivity contribution in [1.29, 1.82) is 0 Å². The molecule has 2 unspecified atom stereocenters. The summed E-state index contributed by atoms with van der Waals surface area (Å²) in [5, 5.41) is 15.5. The quantitative estimate of drug-likeness (QED) is 0.753. The molecule has 1 heterocycles. The highest BCUT2D eigenvalue weighted by molar-refractivity contribution is 7.09. The van der Waals surface area contributed by atoms with Gasteiger partial charge in [-0.15, -0.1) is 11.3 Å². The summed E-state index contributed by atoms with van der Waals surface area (Å²) in [6.07, 6.45) is 3.35. The average molecular weight is 268 g/mol. The summed E-state index contributed by atoms with van der Waals surface area (Å²) in [6, 6.07) is 5.43. The number of thiophene rings is 1. The maximum absolute atomic E-state index is 9.97. The zero-order valence-corrected chi connectivity index (χ0v) is 12.1. The van der Waals surface area contributed by atoms with Crippen LogP contribution in [0, 0.1) is 0 Å². The molecule has 18 heavy (non-hydrogen) atoms. The summed E-state index contributed by atoms with van der Waals surface area (Å²) >= 11 is 1.81. The van der Waals surface area contributed by atoms with Crippen molar-refractivity contribution in [3.05, 3.63) is 22.4 Å². The van der Waals surface area contributed by atoms with Gasteiger partial charge in [-0.1, -0.05) is 6.07 Å². The molecule has 0 radical (unpaired) electrons. The molecule has 1 aromatic heterocycles. The molecular formula is C14H24N2OS. The number of nitrogens with zero attached hydrogens (tertiary/aromatic N) is 1. The first-order valence-corrected chi connectivity index (χ1v) is 7.67. The minimum absolute atomic E-state index is 0.263. The molecule has 3 nitrogen and oxygen atoms in total. The molecule has 2 N–H and O–H groups in total. The Morgan fingerprint density at radius 3 is 2.94 bits per heavy atom. The topological polar surface area (TPSA) is 35.5 Å². The Bertz CT molecular complexity index is 338. The molecule has 0 saturated heterocycles. The van der Waals surface area contributed by atoms with Gasteiger partial charge in [0.05, 0.1) is 6.10 Å². The van der Waals surface area contributed by atoms with Crippen molar-refractivity contribution < 1.29 is 5.11 Å². The first-order chi connectivity index (χ1) is 8.65. The lowest BCUT2D eigenvalue weighted by atomic mass is 10.1. The fraction of sp³-hybridized carbons (Fsp3) is 0.714. The molecule has 102 valence electrons. The largest absolute Gasteiger partial charge is 0.390 e. The molecule has 0 aliphatic heterocycles. The van der Waals surface area contributed by atoms with Crippen molar-refractivity contribution >= 4 is 11.3 Å². The van der Waals surface area contributed by atoms with Crippen LogP contribution in [0.25, 0.3) is 0 Å². The lowest BCUT2D eigenvalue weighted by Crippen LogP contribution is -2.41. The molecule has 0 spiro atoms. The Hall–Kier alpha value is -0.420. The van der Waals surface area contributed by atoms with E-state index in [2.05, 4.69) is 41.7 Å². The third kappa shape index (κ3) is 4.69. The first-order valence-electron chi connectivity index (χ1n) is 6.79. The van der Waals surface area contributed by atoms with Gasteiger partial charge in [0.1, 0.15) is 0 Å². The number of hydrogen-bond donors (Lipinski definition) is 2. The van der Waals surface area contributed by atoms with E-state index in [1.54, 1.807) is 0 Å². The van der Waals surface area contributed by atoms with Crippen LogP contribution >= 0.6 is 11.3 Å². The van der Waals surface area contributed by atoms with Crippen LogP contribution in [0.3, 0.4) is 0 Å². The number of aliphatic hydroxyl groups is 1. The molecule has 2 atom stereocenters. The van der Waals surface area contributed by atoms with Gasteiger partial charge in [0, 0.05) is 30.1 Å². The van der Waals surface area contributed by atoms with Crippen LogP contribution in [0.1, 0.15) is 24.6 Å². The Morgan fingerprint density at radius 2 is 2.33 bits per heavy atom. The lowest BCUT2D eigenvalue weighted by molar-refractivity contribution is 0.106. The van der Waals surface area contributed by atoms with E-state index in [0.29, 0.717) is 12.1 Å². The molecular weight excluding hydrogens is 244 g/mol. The van der Waals surface area contributed by atoms with Gasteiger partial charge in [-0.25, -0.2) is 0 Å². The highest BCUT2D eigenvalue weighted by Crippen LogP contribution is 2.18. The normalized spacial score (nSPS) is 19.1. The average Bonchev–Trinajstić information content (AvgIpc) is 3.03.